The molecule has 0 N–H and O–H groups in total. The average molecular weight is 460 g/mol. The average Bonchev–Trinajstić information content (AvgIpc) is 2.90. The van der Waals surface area contributed by atoms with E-state index in [1.54, 1.807) is 11.0 Å². The van der Waals surface area contributed by atoms with Gasteiger partial charge in [0.2, 0.25) is 0 Å². The molecule has 6 heteroatoms. The van der Waals surface area contributed by atoms with E-state index in [4.69, 9.17) is 17.0 Å². The van der Waals surface area contributed by atoms with Crippen LogP contribution < -0.4 is 4.74 Å². The summed E-state index contributed by atoms with van der Waals surface area (Å²) >= 11 is 10.1. The minimum absolute atomic E-state index is 0.102. The zero-order valence-electron chi connectivity index (χ0n) is 14.8. The summed E-state index contributed by atoms with van der Waals surface area (Å²) < 4.78 is 7.52. The van der Waals surface area contributed by atoms with Crippen LogP contribution in [-0.4, -0.2) is 21.7 Å². The molecule has 1 fully saturated rings. The molecule has 3 rings (SSSR count). The van der Waals surface area contributed by atoms with Crippen LogP contribution in [-0.2, 0) is 11.4 Å². The lowest BCUT2D eigenvalue weighted by Crippen LogP contribution is -2.27. The molecule has 0 atom stereocenters. The van der Waals surface area contributed by atoms with Gasteiger partial charge in [-0.2, -0.15) is 0 Å². The monoisotopic (exact) mass is 459 g/mol. The number of hydrogen-bond acceptors (Lipinski definition) is 4. The van der Waals surface area contributed by atoms with Crippen LogP contribution in [0.25, 0.3) is 6.08 Å². The Hall–Kier alpha value is -1.89. The predicted molar refractivity (Wildman–Crippen MR) is 120 cm³/mol. The summed E-state index contributed by atoms with van der Waals surface area (Å²) in [5.74, 6) is 0.616. The normalized spacial score (nSPS) is 15.5. The Balaban J connectivity index is 1.86. The fraction of sp³-hybridized carbons (Fsp3) is 0.143. The molecule has 27 heavy (non-hydrogen) atoms. The highest BCUT2D eigenvalue weighted by atomic mass is 79.9. The highest BCUT2D eigenvalue weighted by Gasteiger charge is 2.31. The molecule has 0 saturated carbocycles. The lowest BCUT2D eigenvalue weighted by Gasteiger charge is -2.12. The number of ether oxygens (including phenoxy) is 1. The molecule has 2 aromatic carbocycles. The molecule has 0 unspecified atom stereocenters. The number of rotatable bonds is 6. The van der Waals surface area contributed by atoms with Crippen LogP contribution >= 0.6 is 39.9 Å². The molecule has 0 radical (unpaired) electrons. The quantitative estimate of drug-likeness (QED) is 0.313. The van der Waals surface area contributed by atoms with Gasteiger partial charge in [0, 0.05) is 16.6 Å². The number of benzene rings is 2. The van der Waals surface area contributed by atoms with Crippen LogP contribution in [0.4, 0.5) is 0 Å². The Morgan fingerprint density at radius 2 is 2.07 bits per heavy atom. The number of hydrogen-bond donors (Lipinski definition) is 0. The number of amides is 1. The first kappa shape index (κ1) is 19.9. The predicted octanol–water partition coefficient (Wildman–Crippen LogP) is 5.72. The highest BCUT2D eigenvalue weighted by Crippen LogP contribution is 2.35. The van der Waals surface area contributed by atoms with Crippen molar-refractivity contribution >= 4 is 56.2 Å². The Kier molecular flexibility index (Phi) is 6.52. The van der Waals surface area contributed by atoms with E-state index in [0.717, 1.165) is 21.3 Å². The molecule has 3 nitrogen and oxygen atoms in total. The molecule has 1 saturated heterocycles. The second-order valence-corrected chi connectivity index (χ2v) is 8.57. The minimum Gasteiger partial charge on any atom is -0.488 e. The standard InChI is InChI=1S/C21H18BrNO2S2/c1-3-10-23-20(24)19(27-21(23)26)12-16-11-17(22)8-9-18(16)25-13-15-7-5-4-6-14(15)2/h3-9,11-12H,1,10,13H2,2H3/b19-12-. The summed E-state index contributed by atoms with van der Waals surface area (Å²) in [6.45, 7) is 6.62. The lowest BCUT2D eigenvalue weighted by molar-refractivity contribution is -0.121. The molecule has 1 aliphatic rings. The third kappa shape index (κ3) is 4.69. The van der Waals surface area contributed by atoms with Crippen molar-refractivity contribution in [2.24, 2.45) is 0 Å². The number of thioether (sulfide) groups is 1. The van der Waals surface area contributed by atoms with Crippen LogP contribution in [0, 0.1) is 6.92 Å². The third-order valence-electron chi connectivity index (χ3n) is 4.09. The van der Waals surface area contributed by atoms with Crippen molar-refractivity contribution in [2.75, 3.05) is 6.54 Å². The summed E-state index contributed by atoms with van der Waals surface area (Å²) in [6, 6.07) is 13.9. The number of carbonyl (C=O) groups excluding carboxylic acids is 1. The van der Waals surface area contributed by atoms with Gasteiger partial charge in [-0.05, 0) is 42.3 Å². The van der Waals surface area contributed by atoms with E-state index in [-0.39, 0.29) is 5.91 Å². The van der Waals surface area contributed by atoms with Gasteiger partial charge in [-0.3, -0.25) is 9.69 Å². The maximum Gasteiger partial charge on any atom is 0.266 e. The van der Waals surface area contributed by atoms with Gasteiger partial charge < -0.3 is 4.74 Å². The molecule has 1 aliphatic heterocycles. The summed E-state index contributed by atoms with van der Waals surface area (Å²) in [4.78, 5) is 14.7. The Morgan fingerprint density at radius 1 is 1.30 bits per heavy atom. The van der Waals surface area contributed by atoms with Crippen LogP contribution in [0.1, 0.15) is 16.7 Å². The molecule has 2 aromatic rings. The summed E-state index contributed by atoms with van der Waals surface area (Å²) in [6.07, 6.45) is 3.50. The van der Waals surface area contributed by atoms with Crippen molar-refractivity contribution in [1.29, 1.82) is 0 Å². The van der Waals surface area contributed by atoms with Gasteiger partial charge in [-0.1, -0.05) is 70.3 Å². The number of thiocarbonyl (C=S) groups is 1. The molecule has 0 spiro atoms. The second kappa shape index (κ2) is 8.87. The number of halogens is 1. The SMILES string of the molecule is C=CCN1C(=O)/C(=C/c2cc(Br)ccc2OCc2ccccc2C)SC1=S. The van der Waals surface area contributed by atoms with Crippen molar-refractivity contribution in [3.8, 4) is 5.75 Å². The summed E-state index contributed by atoms with van der Waals surface area (Å²) in [5.41, 5.74) is 3.14. The zero-order chi connectivity index (χ0) is 19.4. The first-order valence-corrected chi connectivity index (χ1v) is 10.3. The van der Waals surface area contributed by atoms with E-state index >= 15 is 0 Å². The van der Waals surface area contributed by atoms with E-state index in [2.05, 4.69) is 35.5 Å². The molecular weight excluding hydrogens is 442 g/mol. The molecule has 0 aliphatic carbocycles. The first-order valence-electron chi connectivity index (χ1n) is 8.32. The molecule has 1 heterocycles. The molecular formula is C21H18BrNO2S2. The largest absolute Gasteiger partial charge is 0.488 e. The summed E-state index contributed by atoms with van der Waals surface area (Å²) in [5, 5.41) is 0. The van der Waals surface area contributed by atoms with Gasteiger partial charge in [0.15, 0.2) is 0 Å². The Morgan fingerprint density at radius 3 is 2.81 bits per heavy atom. The maximum absolute atomic E-state index is 12.6. The van der Waals surface area contributed by atoms with Crippen molar-refractivity contribution in [2.45, 2.75) is 13.5 Å². The van der Waals surface area contributed by atoms with Crippen LogP contribution in [0.15, 0.2) is 64.5 Å². The van der Waals surface area contributed by atoms with E-state index in [9.17, 15) is 4.79 Å². The number of nitrogens with zero attached hydrogens (tertiary/aromatic N) is 1. The Labute approximate surface area is 177 Å². The topological polar surface area (TPSA) is 29.5 Å². The highest BCUT2D eigenvalue weighted by molar-refractivity contribution is 9.10. The van der Waals surface area contributed by atoms with Crippen LogP contribution in [0.2, 0.25) is 0 Å². The lowest BCUT2D eigenvalue weighted by atomic mass is 10.1. The second-order valence-electron chi connectivity index (χ2n) is 5.98. The fourth-order valence-corrected chi connectivity index (χ4v) is 4.26. The van der Waals surface area contributed by atoms with Gasteiger partial charge in [-0.15, -0.1) is 6.58 Å². The minimum atomic E-state index is -0.102. The Bertz CT molecular complexity index is 940. The fourth-order valence-electron chi connectivity index (χ4n) is 2.62. The van der Waals surface area contributed by atoms with Crippen molar-refractivity contribution in [1.82, 2.24) is 4.90 Å². The first-order chi connectivity index (χ1) is 13.0. The third-order valence-corrected chi connectivity index (χ3v) is 5.96. The van der Waals surface area contributed by atoms with E-state index in [0.29, 0.717) is 22.4 Å². The van der Waals surface area contributed by atoms with Crippen molar-refractivity contribution in [3.05, 3.63) is 81.2 Å². The molecule has 138 valence electrons. The number of carbonyl (C=O) groups is 1. The van der Waals surface area contributed by atoms with E-state index < -0.39 is 0 Å². The van der Waals surface area contributed by atoms with Crippen LogP contribution in [0.5, 0.6) is 5.75 Å². The van der Waals surface area contributed by atoms with E-state index in [1.165, 1.54) is 17.3 Å². The molecule has 1 amide bonds. The zero-order valence-corrected chi connectivity index (χ0v) is 18.0. The van der Waals surface area contributed by atoms with E-state index in [1.807, 2.05) is 42.5 Å². The number of aryl methyl sites for hydroxylation is 1. The van der Waals surface area contributed by atoms with Gasteiger partial charge in [0.25, 0.3) is 5.91 Å². The summed E-state index contributed by atoms with van der Waals surface area (Å²) in [7, 11) is 0. The van der Waals surface area contributed by atoms with Gasteiger partial charge in [0.05, 0.1) is 4.91 Å². The van der Waals surface area contributed by atoms with Gasteiger partial charge >= 0.3 is 0 Å². The molecule has 0 bridgehead atoms. The molecule has 0 aromatic heterocycles. The van der Waals surface area contributed by atoms with Gasteiger partial charge in [-0.25, -0.2) is 0 Å². The van der Waals surface area contributed by atoms with Gasteiger partial charge in [0.1, 0.15) is 16.7 Å². The van der Waals surface area contributed by atoms with Crippen LogP contribution in [0.3, 0.4) is 0 Å². The maximum atomic E-state index is 12.6. The van der Waals surface area contributed by atoms with Crippen molar-refractivity contribution < 1.29 is 9.53 Å². The van der Waals surface area contributed by atoms with Crippen molar-refractivity contribution in [3.63, 3.8) is 0 Å². The smallest absolute Gasteiger partial charge is 0.266 e.